The van der Waals surface area contributed by atoms with E-state index in [2.05, 4.69) is 38.8 Å². The number of aromatic amines is 1. The molecule has 6 nitrogen and oxygen atoms in total. The van der Waals surface area contributed by atoms with E-state index >= 15 is 0 Å². The Morgan fingerprint density at radius 1 is 1.03 bits per heavy atom. The van der Waals surface area contributed by atoms with E-state index in [1.165, 1.54) is 11.8 Å². The van der Waals surface area contributed by atoms with Crippen molar-refractivity contribution in [3.63, 3.8) is 0 Å². The van der Waals surface area contributed by atoms with Crippen molar-refractivity contribution in [1.29, 1.82) is 0 Å². The van der Waals surface area contributed by atoms with Gasteiger partial charge < -0.3 is 4.98 Å². The van der Waals surface area contributed by atoms with Crippen molar-refractivity contribution in [3.05, 3.63) is 86.8 Å². The lowest BCUT2D eigenvalue weighted by Crippen LogP contribution is -2.11. The summed E-state index contributed by atoms with van der Waals surface area (Å²) in [5.74, 6) is 1.90. The molecule has 1 N–H and O–H groups in total. The number of nitrogens with zero attached hydrogens (tertiary/aromatic N) is 4. The molecule has 160 valence electrons. The quantitative estimate of drug-likeness (QED) is 0.354. The van der Waals surface area contributed by atoms with Gasteiger partial charge in [-0.25, -0.2) is 4.98 Å². The van der Waals surface area contributed by atoms with Crippen LogP contribution in [0.2, 0.25) is 0 Å². The molecule has 0 aliphatic rings. The van der Waals surface area contributed by atoms with E-state index in [4.69, 9.17) is 4.98 Å². The number of thiophene rings is 1. The number of hydrogen-bond donors (Lipinski definition) is 1. The monoisotopic (exact) mass is 459 g/mol. The molecule has 5 rings (SSSR count). The van der Waals surface area contributed by atoms with Crippen molar-refractivity contribution in [2.45, 2.75) is 31.7 Å². The second kappa shape index (κ2) is 8.37. The molecule has 3 heterocycles. The molecule has 3 aromatic heterocycles. The molecule has 0 fully saturated rings. The number of aromatic nitrogens is 5. The highest BCUT2D eigenvalue weighted by Gasteiger charge is 2.18. The van der Waals surface area contributed by atoms with Crippen molar-refractivity contribution in [3.8, 4) is 17.1 Å². The number of para-hydroxylation sites is 1. The maximum atomic E-state index is 12.6. The van der Waals surface area contributed by atoms with Gasteiger partial charge in [0.05, 0.1) is 11.1 Å². The number of H-pyrrole nitrogens is 1. The molecule has 32 heavy (non-hydrogen) atoms. The second-order valence-electron chi connectivity index (χ2n) is 7.61. The van der Waals surface area contributed by atoms with Crippen LogP contribution in [-0.2, 0) is 5.75 Å². The molecular weight excluding hydrogens is 438 g/mol. The molecule has 0 bridgehead atoms. The number of aryl methyl sites for hydroxylation is 3. The number of benzene rings is 2. The first-order valence-electron chi connectivity index (χ1n) is 10.2. The van der Waals surface area contributed by atoms with E-state index in [-0.39, 0.29) is 5.56 Å². The fraction of sp³-hybridized carbons (Fsp3) is 0.167. The Labute approximate surface area is 193 Å². The Morgan fingerprint density at radius 3 is 2.62 bits per heavy atom. The van der Waals surface area contributed by atoms with Gasteiger partial charge in [-0.1, -0.05) is 53.7 Å². The van der Waals surface area contributed by atoms with E-state index < -0.39 is 0 Å². The summed E-state index contributed by atoms with van der Waals surface area (Å²) in [6.07, 6.45) is 0. The number of thioether (sulfide) groups is 1. The van der Waals surface area contributed by atoms with Crippen molar-refractivity contribution in [2.75, 3.05) is 0 Å². The molecule has 2 aromatic carbocycles. The predicted molar refractivity (Wildman–Crippen MR) is 131 cm³/mol. The third-order valence-corrected chi connectivity index (χ3v) is 7.39. The van der Waals surface area contributed by atoms with E-state index in [1.807, 2.05) is 56.3 Å². The summed E-state index contributed by atoms with van der Waals surface area (Å²) < 4.78 is 2.05. The highest BCUT2D eigenvalue weighted by atomic mass is 32.2. The highest BCUT2D eigenvalue weighted by molar-refractivity contribution is 7.98. The van der Waals surface area contributed by atoms with E-state index in [9.17, 15) is 4.79 Å². The first-order valence-corrected chi connectivity index (χ1v) is 12.0. The van der Waals surface area contributed by atoms with Crippen molar-refractivity contribution in [1.82, 2.24) is 24.7 Å². The summed E-state index contributed by atoms with van der Waals surface area (Å²) in [5.41, 5.74) is 4.07. The minimum absolute atomic E-state index is 0.0857. The Hall–Kier alpha value is -3.23. The zero-order valence-corrected chi connectivity index (χ0v) is 19.5. The van der Waals surface area contributed by atoms with Crippen molar-refractivity contribution < 1.29 is 0 Å². The molecule has 0 unspecified atom stereocenters. The number of rotatable bonds is 5. The largest absolute Gasteiger partial charge is 0.309 e. The fourth-order valence-electron chi connectivity index (χ4n) is 3.64. The summed E-state index contributed by atoms with van der Waals surface area (Å²) in [7, 11) is 0. The third kappa shape index (κ3) is 3.76. The van der Waals surface area contributed by atoms with Crippen LogP contribution in [0.1, 0.15) is 21.8 Å². The summed E-state index contributed by atoms with van der Waals surface area (Å²) in [4.78, 5) is 22.2. The average Bonchev–Trinajstić information content (AvgIpc) is 3.34. The summed E-state index contributed by atoms with van der Waals surface area (Å²) >= 11 is 3.06. The Bertz CT molecular complexity index is 1480. The van der Waals surface area contributed by atoms with Gasteiger partial charge >= 0.3 is 0 Å². The van der Waals surface area contributed by atoms with Gasteiger partial charge in [0.25, 0.3) is 5.56 Å². The first kappa shape index (κ1) is 20.7. The lowest BCUT2D eigenvalue weighted by atomic mass is 10.1. The van der Waals surface area contributed by atoms with Gasteiger partial charge in [-0.3, -0.25) is 9.36 Å². The van der Waals surface area contributed by atoms with Crippen LogP contribution >= 0.6 is 23.1 Å². The SMILES string of the molecule is Cc1cccc(-c2nnc(SCc3nc4sc(C)c(C)c4c(=O)[nH]3)n2-c2ccccc2)c1. The molecule has 0 aliphatic heterocycles. The van der Waals surface area contributed by atoms with Gasteiger partial charge in [-0.2, -0.15) is 0 Å². The Balaban J connectivity index is 1.53. The molecule has 0 saturated carbocycles. The second-order valence-corrected chi connectivity index (χ2v) is 9.76. The van der Waals surface area contributed by atoms with Crippen molar-refractivity contribution >= 4 is 33.3 Å². The number of nitrogens with one attached hydrogen (secondary N) is 1. The minimum atomic E-state index is -0.0857. The van der Waals surface area contributed by atoms with Crippen LogP contribution in [0.5, 0.6) is 0 Å². The molecule has 0 radical (unpaired) electrons. The van der Waals surface area contributed by atoms with Gasteiger partial charge in [-0.05, 0) is 44.5 Å². The van der Waals surface area contributed by atoms with Crippen LogP contribution in [0.25, 0.3) is 27.3 Å². The smallest absolute Gasteiger partial charge is 0.259 e. The lowest BCUT2D eigenvalue weighted by Gasteiger charge is -2.10. The molecule has 5 aromatic rings. The van der Waals surface area contributed by atoms with Gasteiger partial charge in [0, 0.05) is 16.1 Å². The van der Waals surface area contributed by atoms with Crippen molar-refractivity contribution in [2.24, 2.45) is 0 Å². The molecule has 0 amide bonds. The summed E-state index contributed by atoms with van der Waals surface area (Å²) in [6.45, 7) is 6.05. The van der Waals surface area contributed by atoms with Crippen LogP contribution in [-0.4, -0.2) is 24.7 Å². The predicted octanol–water partition coefficient (Wildman–Crippen LogP) is 5.45. The minimum Gasteiger partial charge on any atom is -0.309 e. The van der Waals surface area contributed by atoms with Gasteiger partial charge in [0.1, 0.15) is 10.7 Å². The normalized spacial score (nSPS) is 11.3. The van der Waals surface area contributed by atoms with Crippen LogP contribution in [0.3, 0.4) is 0 Å². The average molecular weight is 460 g/mol. The Morgan fingerprint density at radius 2 is 1.84 bits per heavy atom. The maximum Gasteiger partial charge on any atom is 0.259 e. The zero-order valence-electron chi connectivity index (χ0n) is 17.9. The van der Waals surface area contributed by atoms with Crippen LogP contribution in [0, 0.1) is 20.8 Å². The van der Waals surface area contributed by atoms with Crippen LogP contribution in [0.4, 0.5) is 0 Å². The van der Waals surface area contributed by atoms with E-state index in [1.54, 1.807) is 11.3 Å². The lowest BCUT2D eigenvalue weighted by molar-refractivity contribution is 0.883. The topological polar surface area (TPSA) is 76.5 Å². The van der Waals surface area contributed by atoms with E-state index in [0.717, 1.165) is 43.1 Å². The van der Waals surface area contributed by atoms with Crippen LogP contribution < -0.4 is 5.56 Å². The summed E-state index contributed by atoms with van der Waals surface area (Å²) in [6, 6.07) is 18.3. The molecule has 0 spiro atoms. The third-order valence-electron chi connectivity index (χ3n) is 5.35. The number of hydrogen-bond acceptors (Lipinski definition) is 6. The van der Waals surface area contributed by atoms with Gasteiger partial charge in [0.15, 0.2) is 11.0 Å². The van der Waals surface area contributed by atoms with Gasteiger partial charge in [0.2, 0.25) is 0 Å². The molecule has 0 aliphatic carbocycles. The zero-order chi connectivity index (χ0) is 22.2. The maximum absolute atomic E-state index is 12.6. The molecular formula is C24H21N5OS2. The standard InChI is InChI=1S/C24H21N5OS2/c1-14-8-7-9-17(12-14)21-27-28-24(29(21)18-10-5-4-6-11-18)31-13-19-25-22(30)20-15(2)16(3)32-23(20)26-19/h4-12H,13H2,1-3H3,(H,25,26,30). The Kier molecular flexibility index (Phi) is 5.40. The fourth-order valence-corrected chi connectivity index (χ4v) is 5.52. The van der Waals surface area contributed by atoms with Gasteiger partial charge in [-0.15, -0.1) is 21.5 Å². The highest BCUT2D eigenvalue weighted by Crippen LogP contribution is 2.30. The summed E-state index contributed by atoms with van der Waals surface area (Å²) in [5, 5.41) is 10.4. The van der Waals surface area contributed by atoms with Crippen LogP contribution in [0.15, 0.2) is 64.5 Å². The molecule has 8 heteroatoms. The molecule has 0 atom stereocenters. The number of fused-ring (bicyclic) bond motifs is 1. The van der Waals surface area contributed by atoms with E-state index in [0.29, 0.717) is 17.0 Å². The first-order chi connectivity index (χ1) is 15.5. The molecule has 0 saturated heterocycles.